The van der Waals surface area contributed by atoms with Crippen molar-refractivity contribution in [1.29, 1.82) is 0 Å². The van der Waals surface area contributed by atoms with Gasteiger partial charge >= 0.3 is 0 Å². The lowest BCUT2D eigenvalue weighted by Crippen LogP contribution is -2.40. The molecule has 0 aromatic heterocycles. The number of benzene rings is 2. The second kappa shape index (κ2) is 11.0. The second-order valence-corrected chi connectivity index (χ2v) is 9.91. The molecule has 1 atom stereocenters. The molecule has 2 aromatic rings. The van der Waals surface area contributed by atoms with Crippen molar-refractivity contribution in [2.75, 3.05) is 24.4 Å². The Balaban J connectivity index is 1.53. The summed E-state index contributed by atoms with van der Waals surface area (Å²) in [6, 6.07) is 13.3. The van der Waals surface area contributed by atoms with E-state index in [1.54, 1.807) is 24.3 Å². The lowest BCUT2D eigenvalue weighted by molar-refractivity contribution is 0.0947. The summed E-state index contributed by atoms with van der Waals surface area (Å²) in [4.78, 5) is 15.2. The first-order chi connectivity index (χ1) is 14.9. The Bertz CT molecular complexity index is 983. The molecule has 1 aliphatic heterocycles. The minimum atomic E-state index is -3.71. The van der Waals surface area contributed by atoms with Crippen molar-refractivity contribution >= 4 is 33.2 Å². The Labute approximate surface area is 190 Å². The van der Waals surface area contributed by atoms with Crippen molar-refractivity contribution in [3.05, 3.63) is 59.1 Å². The van der Waals surface area contributed by atoms with E-state index in [0.717, 1.165) is 19.5 Å². The number of nitrogens with zero attached hydrogens (tertiary/aromatic N) is 1. The third-order valence-corrected chi connectivity index (χ3v) is 7.36. The van der Waals surface area contributed by atoms with Crippen LogP contribution in [0.3, 0.4) is 0 Å². The summed E-state index contributed by atoms with van der Waals surface area (Å²) < 4.78 is 27.4. The third-order valence-electron chi connectivity index (χ3n) is 5.65. The highest BCUT2D eigenvalue weighted by Gasteiger charge is 2.20. The molecule has 2 N–H and O–H groups in total. The molecule has 0 saturated carbocycles. The van der Waals surface area contributed by atoms with Crippen LogP contribution in [-0.4, -0.2) is 44.9 Å². The van der Waals surface area contributed by atoms with Gasteiger partial charge in [-0.25, -0.2) is 8.42 Å². The minimum Gasteiger partial charge on any atom is -0.352 e. The monoisotopic (exact) mass is 463 g/mol. The van der Waals surface area contributed by atoms with E-state index in [9.17, 15) is 13.2 Å². The van der Waals surface area contributed by atoms with Gasteiger partial charge in [0, 0.05) is 19.1 Å². The molecule has 0 bridgehead atoms. The van der Waals surface area contributed by atoms with Gasteiger partial charge in [0.1, 0.15) is 0 Å². The molecule has 6 nitrogen and oxygen atoms in total. The van der Waals surface area contributed by atoms with Crippen molar-refractivity contribution in [3.8, 4) is 0 Å². The number of hydrogen-bond donors (Lipinski definition) is 2. The molecule has 2 aromatic carbocycles. The molecule has 1 saturated heterocycles. The molecule has 168 valence electrons. The number of nitrogens with one attached hydrogen (secondary N) is 2. The van der Waals surface area contributed by atoms with Gasteiger partial charge in [-0.2, -0.15) is 0 Å². The van der Waals surface area contributed by atoms with Gasteiger partial charge in [0.2, 0.25) is 0 Å². The van der Waals surface area contributed by atoms with Crippen LogP contribution >= 0.6 is 11.6 Å². The van der Waals surface area contributed by atoms with Gasteiger partial charge in [0.15, 0.2) is 0 Å². The smallest absolute Gasteiger partial charge is 0.261 e. The zero-order valence-corrected chi connectivity index (χ0v) is 19.4. The van der Waals surface area contributed by atoms with Crippen LogP contribution in [0, 0.1) is 0 Å². The van der Waals surface area contributed by atoms with Crippen LogP contribution in [0.5, 0.6) is 0 Å². The predicted molar refractivity (Wildman–Crippen MR) is 125 cm³/mol. The molecule has 1 aliphatic rings. The number of anilines is 1. The second-order valence-electron chi connectivity index (χ2n) is 7.82. The van der Waals surface area contributed by atoms with Crippen molar-refractivity contribution in [1.82, 2.24) is 10.2 Å². The van der Waals surface area contributed by atoms with E-state index in [-0.39, 0.29) is 15.8 Å². The van der Waals surface area contributed by atoms with E-state index in [2.05, 4.69) is 21.9 Å². The SMILES string of the molecule is CC[C@H]1CCCCN1CCCNC(=O)c1ccc(NS(=O)(=O)c2ccccc2)cc1Cl. The lowest BCUT2D eigenvalue weighted by atomic mass is 10.00. The molecular weight excluding hydrogens is 434 g/mol. The van der Waals surface area contributed by atoms with Gasteiger partial charge in [-0.3, -0.25) is 9.52 Å². The Morgan fingerprint density at radius 2 is 1.94 bits per heavy atom. The van der Waals surface area contributed by atoms with Crippen LogP contribution in [0.4, 0.5) is 5.69 Å². The molecule has 1 heterocycles. The molecule has 1 fully saturated rings. The highest BCUT2D eigenvalue weighted by molar-refractivity contribution is 7.92. The average molecular weight is 464 g/mol. The molecule has 8 heteroatoms. The molecule has 3 rings (SSSR count). The van der Waals surface area contributed by atoms with Gasteiger partial charge in [0.05, 0.1) is 21.2 Å². The van der Waals surface area contributed by atoms with Crippen LogP contribution in [0.15, 0.2) is 53.4 Å². The Hall–Kier alpha value is -2.09. The maximum absolute atomic E-state index is 12.5. The Morgan fingerprint density at radius 3 is 2.65 bits per heavy atom. The third kappa shape index (κ3) is 6.45. The van der Waals surface area contributed by atoms with Gasteiger partial charge in [0.25, 0.3) is 15.9 Å². The number of piperidine rings is 1. The van der Waals surface area contributed by atoms with E-state index < -0.39 is 10.0 Å². The number of likely N-dealkylation sites (tertiary alicyclic amines) is 1. The fraction of sp³-hybridized carbons (Fsp3) is 0.435. The topological polar surface area (TPSA) is 78.5 Å². The molecule has 1 amide bonds. The highest BCUT2D eigenvalue weighted by atomic mass is 35.5. The van der Waals surface area contributed by atoms with Crippen LogP contribution in [0.1, 0.15) is 49.4 Å². The summed E-state index contributed by atoms with van der Waals surface area (Å²) >= 11 is 6.27. The number of rotatable bonds is 9. The fourth-order valence-corrected chi connectivity index (χ4v) is 5.31. The quantitative estimate of drug-likeness (QED) is 0.535. The van der Waals surface area contributed by atoms with Gasteiger partial charge in [-0.15, -0.1) is 0 Å². The fourth-order valence-electron chi connectivity index (χ4n) is 3.97. The lowest BCUT2D eigenvalue weighted by Gasteiger charge is -2.35. The maximum Gasteiger partial charge on any atom is 0.261 e. The molecule has 0 radical (unpaired) electrons. The van der Waals surface area contributed by atoms with Gasteiger partial charge in [-0.1, -0.05) is 43.1 Å². The van der Waals surface area contributed by atoms with Gasteiger partial charge in [-0.05, 0) is 62.6 Å². The highest BCUT2D eigenvalue weighted by Crippen LogP contribution is 2.23. The van der Waals surface area contributed by atoms with Crippen molar-refractivity contribution in [2.24, 2.45) is 0 Å². The summed E-state index contributed by atoms with van der Waals surface area (Å²) in [6.07, 6.45) is 5.87. The number of hydrogen-bond acceptors (Lipinski definition) is 4. The largest absolute Gasteiger partial charge is 0.352 e. The van der Waals surface area contributed by atoms with E-state index in [4.69, 9.17) is 11.6 Å². The Morgan fingerprint density at radius 1 is 1.16 bits per heavy atom. The number of carbonyl (C=O) groups excluding carboxylic acids is 1. The number of amides is 1. The minimum absolute atomic E-state index is 0.159. The molecule has 0 spiro atoms. The van der Waals surface area contributed by atoms with Crippen molar-refractivity contribution in [2.45, 2.75) is 50.0 Å². The number of carbonyl (C=O) groups is 1. The first-order valence-electron chi connectivity index (χ1n) is 10.8. The normalized spacial score (nSPS) is 17.3. The number of halogens is 1. The predicted octanol–water partition coefficient (Wildman–Crippen LogP) is 4.53. The molecule has 0 unspecified atom stereocenters. The molecular formula is C23H30ClN3O3S. The zero-order chi connectivity index (χ0) is 22.3. The van der Waals surface area contributed by atoms with E-state index in [0.29, 0.717) is 23.8 Å². The summed E-state index contributed by atoms with van der Waals surface area (Å²) in [5, 5.41) is 3.12. The van der Waals surface area contributed by atoms with E-state index in [1.807, 2.05) is 0 Å². The summed E-state index contributed by atoms with van der Waals surface area (Å²) in [5.74, 6) is -0.256. The summed E-state index contributed by atoms with van der Waals surface area (Å²) in [7, 11) is -3.71. The van der Waals surface area contributed by atoms with E-state index >= 15 is 0 Å². The first kappa shape index (κ1) is 23.6. The summed E-state index contributed by atoms with van der Waals surface area (Å²) in [6.45, 7) is 4.92. The zero-order valence-electron chi connectivity index (χ0n) is 17.8. The van der Waals surface area contributed by atoms with E-state index in [1.165, 1.54) is 49.9 Å². The van der Waals surface area contributed by atoms with Gasteiger partial charge < -0.3 is 10.2 Å². The van der Waals surface area contributed by atoms with Crippen LogP contribution in [-0.2, 0) is 10.0 Å². The average Bonchev–Trinajstić information content (AvgIpc) is 2.77. The molecule has 0 aliphatic carbocycles. The summed E-state index contributed by atoms with van der Waals surface area (Å²) in [5.41, 5.74) is 0.634. The van der Waals surface area contributed by atoms with Crippen molar-refractivity contribution < 1.29 is 13.2 Å². The first-order valence-corrected chi connectivity index (χ1v) is 12.7. The number of sulfonamides is 1. The molecule has 31 heavy (non-hydrogen) atoms. The Kier molecular flexibility index (Phi) is 8.35. The maximum atomic E-state index is 12.5. The standard InChI is InChI=1S/C23H30ClN3O3S/c1-2-19-9-6-7-15-27(19)16-8-14-25-23(28)21-13-12-18(17-22(21)24)26-31(29,30)20-10-4-3-5-11-20/h3-5,10-13,17,19,26H,2,6-9,14-16H2,1H3,(H,25,28)/t19-/m0/s1. The van der Waals surface area contributed by atoms with Crippen molar-refractivity contribution in [3.63, 3.8) is 0 Å². The van der Waals surface area contributed by atoms with Crippen LogP contribution in [0.25, 0.3) is 0 Å². The van der Waals surface area contributed by atoms with Crippen LogP contribution in [0.2, 0.25) is 5.02 Å². The van der Waals surface area contributed by atoms with Crippen LogP contribution < -0.4 is 10.0 Å².